The van der Waals surface area contributed by atoms with E-state index in [2.05, 4.69) is 15.7 Å². The van der Waals surface area contributed by atoms with Gasteiger partial charge in [-0.3, -0.25) is 4.68 Å². The van der Waals surface area contributed by atoms with Gasteiger partial charge in [-0.2, -0.15) is 5.10 Å². The van der Waals surface area contributed by atoms with Crippen LogP contribution in [0.15, 0.2) is 36.7 Å². The minimum Gasteiger partial charge on any atom is -0.371 e. The molecule has 122 valence electrons. The molecule has 1 aliphatic heterocycles. The van der Waals surface area contributed by atoms with E-state index in [4.69, 9.17) is 16.3 Å². The molecule has 0 aliphatic carbocycles. The minimum atomic E-state index is -0.205. The Bertz CT molecular complexity index is 671. The van der Waals surface area contributed by atoms with E-state index in [9.17, 15) is 4.79 Å². The number of nitrogens with zero attached hydrogens (tertiary/aromatic N) is 2. The number of aromatic nitrogens is 2. The number of ether oxygens (including phenoxy) is 1. The third-order valence-electron chi connectivity index (χ3n) is 3.82. The minimum absolute atomic E-state index is 0.0509. The van der Waals surface area contributed by atoms with Crippen LogP contribution in [0, 0.1) is 0 Å². The van der Waals surface area contributed by atoms with Crippen LogP contribution >= 0.6 is 11.6 Å². The highest BCUT2D eigenvalue weighted by molar-refractivity contribution is 6.30. The fraction of sp³-hybridized carbons (Fsp3) is 0.375. The van der Waals surface area contributed by atoms with Crippen molar-refractivity contribution in [3.8, 4) is 0 Å². The highest BCUT2D eigenvalue weighted by atomic mass is 35.5. The molecule has 2 amide bonds. The van der Waals surface area contributed by atoms with Gasteiger partial charge in [0.05, 0.1) is 12.2 Å². The number of benzene rings is 1. The molecule has 6 nitrogen and oxygen atoms in total. The van der Waals surface area contributed by atoms with Crippen molar-refractivity contribution in [3.63, 3.8) is 0 Å². The van der Waals surface area contributed by atoms with E-state index in [1.165, 1.54) is 0 Å². The molecule has 0 radical (unpaired) electrons. The van der Waals surface area contributed by atoms with Crippen molar-refractivity contribution in [1.82, 2.24) is 20.4 Å². The Balaban J connectivity index is 1.55. The van der Waals surface area contributed by atoms with Crippen molar-refractivity contribution >= 4 is 17.6 Å². The highest BCUT2D eigenvalue weighted by Gasteiger charge is 2.30. The highest BCUT2D eigenvalue weighted by Crippen LogP contribution is 2.29. The Labute approximate surface area is 139 Å². The van der Waals surface area contributed by atoms with Gasteiger partial charge in [-0.25, -0.2) is 4.79 Å². The van der Waals surface area contributed by atoms with Crippen LogP contribution in [0.2, 0.25) is 5.02 Å². The molecule has 2 N–H and O–H groups in total. The van der Waals surface area contributed by atoms with E-state index in [-0.39, 0.29) is 18.2 Å². The lowest BCUT2D eigenvalue weighted by molar-refractivity contribution is 0.0999. The number of amides is 2. The lowest BCUT2D eigenvalue weighted by Crippen LogP contribution is -2.43. The van der Waals surface area contributed by atoms with Crippen LogP contribution in [-0.2, 0) is 18.3 Å². The first-order valence-electron chi connectivity index (χ1n) is 7.51. The maximum Gasteiger partial charge on any atom is 0.315 e. The van der Waals surface area contributed by atoms with E-state index < -0.39 is 0 Å². The van der Waals surface area contributed by atoms with Crippen LogP contribution in [0.4, 0.5) is 4.79 Å². The average molecular weight is 335 g/mol. The molecule has 3 rings (SSSR count). The Kier molecular flexibility index (Phi) is 4.83. The predicted molar refractivity (Wildman–Crippen MR) is 87.1 cm³/mol. The van der Waals surface area contributed by atoms with E-state index >= 15 is 0 Å². The fourth-order valence-corrected chi connectivity index (χ4v) is 2.81. The molecular formula is C16H19ClN4O2. The second kappa shape index (κ2) is 7.02. The second-order valence-corrected chi connectivity index (χ2v) is 6.02. The number of urea groups is 1. The third-order valence-corrected chi connectivity index (χ3v) is 4.07. The number of halogens is 1. The third kappa shape index (κ3) is 4.03. The summed E-state index contributed by atoms with van der Waals surface area (Å²) in [7, 11) is 1.84. The summed E-state index contributed by atoms with van der Waals surface area (Å²) in [5.41, 5.74) is 1.98. The standard InChI is InChI=1S/C16H19ClN4O2/c1-21-10-11(9-19-21)8-18-16(22)20-14-6-7-23-15(14)12-2-4-13(17)5-3-12/h2-5,9-10,14-15H,6-8H2,1H3,(H2,18,20,22). The maximum atomic E-state index is 12.1. The summed E-state index contributed by atoms with van der Waals surface area (Å²) >= 11 is 5.91. The van der Waals surface area contributed by atoms with Crippen molar-refractivity contribution in [2.75, 3.05) is 6.61 Å². The number of nitrogens with one attached hydrogen (secondary N) is 2. The molecular weight excluding hydrogens is 316 g/mol. The van der Waals surface area contributed by atoms with Crippen LogP contribution in [-0.4, -0.2) is 28.5 Å². The average Bonchev–Trinajstić information content (AvgIpc) is 3.15. The molecule has 2 aromatic rings. The molecule has 1 aliphatic rings. The summed E-state index contributed by atoms with van der Waals surface area (Å²) in [4.78, 5) is 12.1. The van der Waals surface area contributed by atoms with E-state index in [1.807, 2.05) is 37.5 Å². The normalized spacial score (nSPS) is 20.4. The first-order chi connectivity index (χ1) is 11.1. The molecule has 1 fully saturated rings. The molecule has 1 saturated heterocycles. The SMILES string of the molecule is Cn1cc(CNC(=O)NC2CCOC2c2ccc(Cl)cc2)cn1. The first kappa shape index (κ1) is 15.8. The summed E-state index contributed by atoms with van der Waals surface area (Å²) in [6, 6.07) is 7.27. The monoisotopic (exact) mass is 334 g/mol. The van der Waals surface area contributed by atoms with Gasteiger partial charge < -0.3 is 15.4 Å². The van der Waals surface area contributed by atoms with Crippen LogP contribution in [0.1, 0.15) is 23.7 Å². The Hall–Kier alpha value is -2.05. The maximum absolute atomic E-state index is 12.1. The number of hydrogen-bond donors (Lipinski definition) is 2. The van der Waals surface area contributed by atoms with Gasteiger partial charge in [0.15, 0.2) is 0 Å². The number of hydrogen-bond acceptors (Lipinski definition) is 3. The number of carbonyl (C=O) groups excluding carboxylic acids is 1. The number of rotatable bonds is 4. The Morgan fingerprint density at radius 3 is 2.91 bits per heavy atom. The molecule has 2 unspecified atom stereocenters. The lowest BCUT2D eigenvalue weighted by atomic mass is 10.0. The van der Waals surface area contributed by atoms with Gasteiger partial charge >= 0.3 is 6.03 Å². The summed E-state index contributed by atoms with van der Waals surface area (Å²) in [6.07, 6.45) is 4.25. The van der Waals surface area contributed by atoms with Crippen molar-refractivity contribution < 1.29 is 9.53 Å². The zero-order valence-corrected chi connectivity index (χ0v) is 13.6. The quantitative estimate of drug-likeness (QED) is 0.902. The Morgan fingerprint density at radius 1 is 1.43 bits per heavy atom. The van der Waals surface area contributed by atoms with Crippen LogP contribution in [0.25, 0.3) is 0 Å². The molecule has 2 atom stereocenters. The molecule has 2 heterocycles. The van der Waals surface area contributed by atoms with Crippen molar-refractivity contribution in [1.29, 1.82) is 0 Å². The molecule has 1 aromatic heterocycles. The summed E-state index contributed by atoms with van der Waals surface area (Å²) in [5, 5.41) is 10.6. The summed E-state index contributed by atoms with van der Waals surface area (Å²) < 4.78 is 7.46. The van der Waals surface area contributed by atoms with E-state index in [0.29, 0.717) is 18.2 Å². The smallest absolute Gasteiger partial charge is 0.315 e. The summed E-state index contributed by atoms with van der Waals surface area (Å²) in [6.45, 7) is 1.07. The number of carbonyl (C=O) groups is 1. The molecule has 0 spiro atoms. The van der Waals surface area contributed by atoms with Crippen LogP contribution in [0.3, 0.4) is 0 Å². The summed E-state index contributed by atoms with van der Waals surface area (Å²) in [5.74, 6) is 0. The first-order valence-corrected chi connectivity index (χ1v) is 7.88. The zero-order chi connectivity index (χ0) is 16.2. The van der Waals surface area contributed by atoms with Crippen LogP contribution < -0.4 is 10.6 Å². The molecule has 7 heteroatoms. The molecule has 0 saturated carbocycles. The van der Waals surface area contributed by atoms with Crippen molar-refractivity contribution in [3.05, 3.63) is 52.8 Å². The predicted octanol–water partition coefficient (Wildman–Crippen LogP) is 2.40. The van der Waals surface area contributed by atoms with Gasteiger partial charge in [-0.1, -0.05) is 23.7 Å². The molecule has 23 heavy (non-hydrogen) atoms. The lowest BCUT2D eigenvalue weighted by Gasteiger charge is -2.20. The van der Waals surface area contributed by atoms with E-state index in [0.717, 1.165) is 17.5 Å². The molecule has 1 aromatic carbocycles. The Morgan fingerprint density at radius 2 is 2.22 bits per heavy atom. The largest absolute Gasteiger partial charge is 0.371 e. The van der Waals surface area contributed by atoms with Crippen molar-refractivity contribution in [2.24, 2.45) is 7.05 Å². The van der Waals surface area contributed by atoms with Gasteiger partial charge in [0, 0.05) is 37.0 Å². The van der Waals surface area contributed by atoms with Crippen molar-refractivity contribution in [2.45, 2.75) is 25.1 Å². The van der Waals surface area contributed by atoms with Gasteiger partial charge in [0.1, 0.15) is 6.10 Å². The van der Waals surface area contributed by atoms with Gasteiger partial charge in [0.2, 0.25) is 0 Å². The fourth-order valence-electron chi connectivity index (χ4n) is 2.68. The zero-order valence-electron chi connectivity index (χ0n) is 12.8. The van der Waals surface area contributed by atoms with Gasteiger partial charge in [0.25, 0.3) is 0 Å². The van der Waals surface area contributed by atoms with Gasteiger partial charge in [-0.05, 0) is 24.1 Å². The van der Waals surface area contributed by atoms with Crippen LogP contribution in [0.5, 0.6) is 0 Å². The second-order valence-electron chi connectivity index (χ2n) is 5.59. The number of aryl methyl sites for hydroxylation is 1. The molecule has 0 bridgehead atoms. The van der Waals surface area contributed by atoms with Gasteiger partial charge in [-0.15, -0.1) is 0 Å². The topological polar surface area (TPSA) is 68.2 Å². The van der Waals surface area contributed by atoms with E-state index in [1.54, 1.807) is 10.9 Å².